The van der Waals surface area contributed by atoms with Crippen LogP contribution in [0.2, 0.25) is 0 Å². The summed E-state index contributed by atoms with van der Waals surface area (Å²) in [6.45, 7) is 0.853. The lowest BCUT2D eigenvalue weighted by atomic mass is 9.89. The quantitative estimate of drug-likeness (QED) is 0.794. The maximum atomic E-state index is 11.1. The minimum absolute atomic E-state index is 0.291. The maximum absolute atomic E-state index is 11.1. The summed E-state index contributed by atoms with van der Waals surface area (Å²) in [5.41, 5.74) is 1.48. The fourth-order valence-electron chi connectivity index (χ4n) is 2.65. The van der Waals surface area contributed by atoms with Crippen molar-refractivity contribution in [3.05, 3.63) is 23.1 Å². The molecular weight excluding hydrogens is 270 g/mol. The van der Waals surface area contributed by atoms with E-state index in [1.54, 1.807) is 12.1 Å². The summed E-state index contributed by atoms with van der Waals surface area (Å²) in [5, 5.41) is 8.83. The molecule has 2 rings (SSSR count). The summed E-state index contributed by atoms with van der Waals surface area (Å²) in [7, 11) is 1.29. The molecule has 21 heavy (non-hydrogen) atoms. The molecule has 0 aromatic heterocycles. The Kier molecular flexibility index (Phi) is 5.54. The number of methoxy groups -OCH3 is 1. The largest absolute Gasteiger partial charge is 0.453 e. The van der Waals surface area contributed by atoms with Crippen LogP contribution in [0.1, 0.15) is 32.1 Å². The molecule has 0 atom stereocenters. The van der Waals surface area contributed by atoms with Crippen molar-refractivity contribution in [1.29, 1.82) is 0 Å². The van der Waals surface area contributed by atoms with Crippen LogP contribution in [0.15, 0.2) is 23.4 Å². The number of anilines is 2. The van der Waals surface area contributed by atoms with Gasteiger partial charge in [0.15, 0.2) is 0 Å². The van der Waals surface area contributed by atoms with Crippen LogP contribution < -0.4 is 10.6 Å². The van der Waals surface area contributed by atoms with E-state index in [0.29, 0.717) is 23.0 Å². The molecule has 0 radical (unpaired) electrons. The van der Waals surface area contributed by atoms with Gasteiger partial charge in [0.05, 0.1) is 12.8 Å². The number of nitrogens with one attached hydrogen (secondary N) is 2. The molecule has 0 heterocycles. The fraction of sp³-hybridized carbons (Fsp3) is 0.533. The highest BCUT2D eigenvalue weighted by Gasteiger charge is 2.14. The molecule has 1 aromatic rings. The molecule has 1 amide bonds. The highest BCUT2D eigenvalue weighted by Crippen LogP contribution is 2.30. The van der Waals surface area contributed by atoms with Crippen LogP contribution in [0.3, 0.4) is 0 Å². The third-order valence-corrected chi connectivity index (χ3v) is 3.83. The van der Waals surface area contributed by atoms with E-state index in [-0.39, 0.29) is 0 Å². The van der Waals surface area contributed by atoms with Crippen molar-refractivity contribution >= 4 is 23.2 Å². The Morgan fingerprint density at radius 1 is 1.33 bits per heavy atom. The molecule has 0 aliphatic heterocycles. The van der Waals surface area contributed by atoms with Crippen molar-refractivity contribution in [3.63, 3.8) is 0 Å². The molecule has 1 fully saturated rings. The van der Waals surface area contributed by atoms with Gasteiger partial charge in [0, 0.05) is 12.2 Å². The molecule has 6 heteroatoms. The van der Waals surface area contributed by atoms with Gasteiger partial charge in [0.1, 0.15) is 5.69 Å². The zero-order valence-corrected chi connectivity index (χ0v) is 12.2. The van der Waals surface area contributed by atoms with Crippen LogP contribution in [0, 0.1) is 10.8 Å². The molecule has 1 saturated carbocycles. The Balaban J connectivity index is 1.98. The SMILES string of the molecule is COC(=O)Nc1ccc(NCC2CCCCC2)c(N=O)c1. The highest BCUT2D eigenvalue weighted by molar-refractivity contribution is 5.86. The second-order valence-corrected chi connectivity index (χ2v) is 5.32. The van der Waals surface area contributed by atoms with Crippen LogP contribution in [0.5, 0.6) is 0 Å². The molecule has 6 nitrogen and oxygen atoms in total. The molecular formula is C15H21N3O3. The fourth-order valence-corrected chi connectivity index (χ4v) is 2.65. The van der Waals surface area contributed by atoms with Gasteiger partial charge >= 0.3 is 6.09 Å². The van der Waals surface area contributed by atoms with E-state index in [1.165, 1.54) is 45.3 Å². The third-order valence-electron chi connectivity index (χ3n) is 3.83. The van der Waals surface area contributed by atoms with Gasteiger partial charge in [-0.25, -0.2) is 4.79 Å². The Morgan fingerprint density at radius 3 is 2.76 bits per heavy atom. The lowest BCUT2D eigenvalue weighted by molar-refractivity contribution is 0.187. The Bertz CT molecular complexity index is 499. The van der Waals surface area contributed by atoms with Gasteiger partial charge in [0.2, 0.25) is 0 Å². The zero-order chi connectivity index (χ0) is 15.1. The van der Waals surface area contributed by atoms with E-state index in [0.717, 1.165) is 6.54 Å². The van der Waals surface area contributed by atoms with Gasteiger partial charge in [0.25, 0.3) is 0 Å². The number of amides is 1. The number of hydrogen-bond donors (Lipinski definition) is 2. The molecule has 114 valence electrons. The smallest absolute Gasteiger partial charge is 0.411 e. The van der Waals surface area contributed by atoms with Crippen LogP contribution in [-0.2, 0) is 4.74 Å². The third kappa shape index (κ3) is 4.44. The van der Waals surface area contributed by atoms with Gasteiger partial charge in [-0.15, -0.1) is 4.91 Å². The van der Waals surface area contributed by atoms with Crippen LogP contribution in [-0.4, -0.2) is 19.7 Å². The number of nitroso groups, excluding NO2 is 1. The average molecular weight is 291 g/mol. The van der Waals surface area contributed by atoms with E-state index < -0.39 is 6.09 Å². The molecule has 1 aromatic carbocycles. The first-order chi connectivity index (χ1) is 10.2. The molecule has 0 unspecified atom stereocenters. The number of benzene rings is 1. The Morgan fingerprint density at radius 2 is 2.10 bits per heavy atom. The molecule has 0 saturated heterocycles. The maximum Gasteiger partial charge on any atom is 0.411 e. The van der Waals surface area contributed by atoms with Gasteiger partial charge < -0.3 is 10.1 Å². The summed E-state index contributed by atoms with van der Waals surface area (Å²) in [6, 6.07) is 5.01. The number of nitrogens with zero attached hydrogens (tertiary/aromatic N) is 1. The molecule has 0 bridgehead atoms. The lowest BCUT2D eigenvalue weighted by Crippen LogP contribution is -2.17. The first-order valence-electron chi connectivity index (χ1n) is 7.29. The van der Waals surface area contributed by atoms with Crippen molar-refractivity contribution in [3.8, 4) is 0 Å². The summed E-state index contributed by atoms with van der Waals surface area (Å²) >= 11 is 0. The summed E-state index contributed by atoms with van der Waals surface area (Å²) < 4.78 is 4.51. The standard InChI is InChI=1S/C15H21N3O3/c1-21-15(19)17-12-7-8-13(14(9-12)18-20)16-10-11-5-3-2-4-6-11/h7-9,11,16H,2-6,10H2,1H3,(H,17,19). The number of carbonyl (C=O) groups is 1. The van der Waals surface area contributed by atoms with Gasteiger partial charge in [-0.2, -0.15) is 0 Å². The minimum Gasteiger partial charge on any atom is -0.453 e. The summed E-state index contributed by atoms with van der Waals surface area (Å²) in [6.07, 6.45) is 5.79. The predicted molar refractivity (Wildman–Crippen MR) is 83.0 cm³/mol. The zero-order valence-electron chi connectivity index (χ0n) is 12.2. The second-order valence-electron chi connectivity index (χ2n) is 5.32. The predicted octanol–water partition coefficient (Wildman–Crippen LogP) is 4.26. The van der Waals surface area contributed by atoms with E-state index in [1.807, 2.05) is 0 Å². The normalized spacial score (nSPS) is 15.3. The lowest BCUT2D eigenvalue weighted by Gasteiger charge is -2.22. The molecule has 2 N–H and O–H groups in total. The summed E-state index contributed by atoms with van der Waals surface area (Å²) in [4.78, 5) is 22.1. The van der Waals surface area contributed by atoms with Crippen molar-refractivity contribution in [1.82, 2.24) is 0 Å². The topological polar surface area (TPSA) is 79.8 Å². The number of ether oxygens (including phenoxy) is 1. The van der Waals surface area contributed by atoms with Crippen LogP contribution in [0.25, 0.3) is 0 Å². The number of carbonyl (C=O) groups excluding carboxylic acids is 1. The minimum atomic E-state index is -0.574. The van der Waals surface area contributed by atoms with E-state index in [2.05, 4.69) is 20.5 Å². The Labute approximate surface area is 124 Å². The number of hydrogen-bond acceptors (Lipinski definition) is 5. The van der Waals surface area contributed by atoms with E-state index >= 15 is 0 Å². The molecule has 0 spiro atoms. The first kappa shape index (κ1) is 15.3. The van der Waals surface area contributed by atoms with Gasteiger partial charge in [-0.3, -0.25) is 5.32 Å². The molecule has 1 aliphatic carbocycles. The molecule has 1 aliphatic rings. The first-order valence-corrected chi connectivity index (χ1v) is 7.29. The van der Waals surface area contributed by atoms with Gasteiger partial charge in [-0.1, -0.05) is 19.3 Å². The van der Waals surface area contributed by atoms with Gasteiger partial charge in [-0.05, 0) is 42.1 Å². The van der Waals surface area contributed by atoms with Crippen molar-refractivity contribution in [2.45, 2.75) is 32.1 Å². The van der Waals surface area contributed by atoms with E-state index in [9.17, 15) is 9.70 Å². The monoisotopic (exact) mass is 291 g/mol. The van der Waals surface area contributed by atoms with Crippen LogP contribution >= 0.6 is 0 Å². The van der Waals surface area contributed by atoms with Crippen molar-refractivity contribution in [2.24, 2.45) is 11.1 Å². The summed E-state index contributed by atoms with van der Waals surface area (Å²) in [5.74, 6) is 0.658. The average Bonchev–Trinajstić information content (AvgIpc) is 2.54. The van der Waals surface area contributed by atoms with Crippen LogP contribution in [0.4, 0.5) is 21.9 Å². The van der Waals surface area contributed by atoms with Crippen molar-refractivity contribution < 1.29 is 9.53 Å². The Hall–Kier alpha value is -2.11. The highest BCUT2D eigenvalue weighted by atomic mass is 16.5. The second kappa shape index (κ2) is 7.61. The van der Waals surface area contributed by atoms with E-state index in [4.69, 9.17) is 0 Å². The van der Waals surface area contributed by atoms with Crippen molar-refractivity contribution in [2.75, 3.05) is 24.3 Å². The number of rotatable bonds is 5.